The number of rotatable bonds is 8. The van der Waals surface area contributed by atoms with Crippen LogP contribution < -0.4 is 10.6 Å². The lowest BCUT2D eigenvalue weighted by Gasteiger charge is -2.16. The van der Waals surface area contributed by atoms with E-state index < -0.39 is 0 Å². The van der Waals surface area contributed by atoms with E-state index in [0.717, 1.165) is 38.4 Å². The smallest absolute Gasteiger partial charge is 0.190 e. The number of aryl methyl sites for hydroxylation is 2. The average molecular weight is 456 g/mol. The average Bonchev–Trinajstić information content (AvgIpc) is 3.11. The maximum absolute atomic E-state index is 4.28. The molecule has 0 spiro atoms. The Kier molecular flexibility index (Phi) is 10.1. The molecule has 0 aliphatic heterocycles. The molecule has 2 rings (SSSR count). The molecule has 0 saturated heterocycles. The second-order valence-electron chi connectivity index (χ2n) is 6.10. The third kappa shape index (κ3) is 7.85. The molecule has 2 N–H and O–H groups in total. The van der Waals surface area contributed by atoms with Crippen molar-refractivity contribution in [2.45, 2.75) is 39.2 Å². The van der Waals surface area contributed by atoms with Crippen molar-refractivity contribution in [3.05, 3.63) is 48.0 Å². The highest BCUT2D eigenvalue weighted by Crippen LogP contribution is 2.14. The molecule has 0 amide bonds. The summed E-state index contributed by atoms with van der Waals surface area (Å²) >= 11 is 0. The van der Waals surface area contributed by atoms with Crippen LogP contribution in [0.4, 0.5) is 0 Å². The number of aromatic nitrogens is 3. The van der Waals surface area contributed by atoms with E-state index >= 15 is 0 Å². The Balaban J connectivity index is 0.00000312. The number of guanidine groups is 1. The highest BCUT2D eigenvalue weighted by atomic mass is 127. The first-order valence-corrected chi connectivity index (χ1v) is 8.52. The normalized spacial score (nSPS) is 12.4. The fraction of sp³-hybridized carbons (Fsp3) is 0.500. The molecular formula is C18H29IN6. The lowest BCUT2D eigenvalue weighted by Crippen LogP contribution is -2.39. The molecule has 0 aliphatic rings. The fourth-order valence-corrected chi connectivity index (χ4v) is 2.45. The monoisotopic (exact) mass is 456 g/mol. The van der Waals surface area contributed by atoms with Crippen LogP contribution in [0.1, 0.15) is 36.8 Å². The first kappa shape index (κ1) is 21.4. The van der Waals surface area contributed by atoms with Gasteiger partial charge in [-0.2, -0.15) is 0 Å². The summed E-state index contributed by atoms with van der Waals surface area (Å²) in [5.74, 6) is 1.30. The lowest BCUT2D eigenvalue weighted by molar-refractivity contribution is 0.596. The highest BCUT2D eigenvalue weighted by molar-refractivity contribution is 14.0. The van der Waals surface area contributed by atoms with E-state index in [1.807, 2.05) is 11.6 Å². The van der Waals surface area contributed by atoms with Gasteiger partial charge in [-0.05, 0) is 31.2 Å². The summed E-state index contributed by atoms with van der Waals surface area (Å²) in [6.45, 7) is 7.06. The van der Waals surface area contributed by atoms with Gasteiger partial charge in [-0.3, -0.25) is 4.99 Å². The first-order valence-electron chi connectivity index (χ1n) is 8.52. The van der Waals surface area contributed by atoms with Gasteiger partial charge >= 0.3 is 0 Å². The van der Waals surface area contributed by atoms with E-state index in [2.05, 4.69) is 63.9 Å². The van der Waals surface area contributed by atoms with Gasteiger partial charge in [-0.1, -0.05) is 36.8 Å². The third-order valence-corrected chi connectivity index (χ3v) is 4.05. The van der Waals surface area contributed by atoms with Crippen molar-refractivity contribution in [1.29, 1.82) is 0 Å². The zero-order valence-electron chi connectivity index (χ0n) is 15.3. The zero-order valence-corrected chi connectivity index (χ0v) is 17.6. The summed E-state index contributed by atoms with van der Waals surface area (Å²) < 4.78 is 2.00. The molecule has 2 aromatic rings. The molecule has 1 heterocycles. The van der Waals surface area contributed by atoms with Gasteiger partial charge < -0.3 is 15.2 Å². The number of unbranched alkanes of at least 4 members (excludes halogenated alkanes) is 1. The summed E-state index contributed by atoms with van der Waals surface area (Å²) in [6.07, 6.45) is 5.66. The Morgan fingerprint density at radius 2 is 1.80 bits per heavy atom. The molecule has 0 bridgehead atoms. The van der Waals surface area contributed by atoms with Gasteiger partial charge in [0.2, 0.25) is 0 Å². The van der Waals surface area contributed by atoms with Crippen molar-refractivity contribution in [3.63, 3.8) is 0 Å². The van der Waals surface area contributed by atoms with Crippen LogP contribution in [0, 0.1) is 6.92 Å². The number of halogens is 1. The van der Waals surface area contributed by atoms with Crippen molar-refractivity contribution >= 4 is 29.9 Å². The van der Waals surface area contributed by atoms with Crippen LogP contribution in [0.3, 0.4) is 0 Å². The molecule has 25 heavy (non-hydrogen) atoms. The van der Waals surface area contributed by atoms with Gasteiger partial charge in [0, 0.05) is 26.7 Å². The number of benzene rings is 1. The highest BCUT2D eigenvalue weighted by Gasteiger charge is 2.06. The van der Waals surface area contributed by atoms with Crippen molar-refractivity contribution in [3.8, 4) is 0 Å². The van der Waals surface area contributed by atoms with E-state index in [1.54, 1.807) is 12.7 Å². The quantitative estimate of drug-likeness (QED) is 0.278. The largest absolute Gasteiger partial charge is 0.356 e. The van der Waals surface area contributed by atoms with Crippen LogP contribution in [-0.4, -0.2) is 40.9 Å². The Hall–Kier alpha value is -1.64. The van der Waals surface area contributed by atoms with Crippen molar-refractivity contribution in [1.82, 2.24) is 25.4 Å². The van der Waals surface area contributed by atoms with Crippen LogP contribution in [0.15, 0.2) is 41.9 Å². The molecule has 1 aromatic carbocycles. The predicted octanol–water partition coefficient (Wildman–Crippen LogP) is 2.95. The molecule has 1 atom stereocenters. The van der Waals surface area contributed by atoms with Gasteiger partial charge in [0.15, 0.2) is 5.96 Å². The molecular weight excluding hydrogens is 427 g/mol. The number of nitrogens with zero attached hydrogens (tertiary/aromatic N) is 4. The summed E-state index contributed by atoms with van der Waals surface area (Å²) in [4.78, 5) is 4.28. The SMILES string of the molecule is CN=C(NCCCCn1cnnc1)NCC(C)c1ccc(C)cc1.I. The van der Waals surface area contributed by atoms with Crippen LogP contribution in [-0.2, 0) is 6.54 Å². The van der Waals surface area contributed by atoms with Gasteiger partial charge in [0.25, 0.3) is 0 Å². The Morgan fingerprint density at radius 1 is 1.12 bits per heavy atom. The fourth-order valence-electron chi connectivity index (χ4n) is 2.45. The number of aliphatic imine (C=N–C) groups is 1. The lowest BCUT2D eigenvalue weighted by atomic mass is 10.0. The molecule has 0 aliphatic carbocycles. The van der Waals surface area contributed by atoms with E-state index in [9.17, 15) is 0 Å². The second-order valence-corrected chi connectivity index (χ2v) is 6.10. The minimum absolute atomic E-state index is 0. The molecule has 6 nitrogen and oxygen atoms in total. The second kappa shape index (κ2) is 11.8. The summed E-state index contributed by atoms with van der Waals surface area (Å²) in [7, 11) is 1.81. The van der Waals surface area contributed by atoms with Crippen molar-refractivity contribution in [2.75, 3.05) is 20.1 Å². The molecule has 138 valence electrons. The van der Waals surface area contributed by atoms with Crippen LogP contribution in [0.2, 0.25) is 0 Å². The Bertz CT molecular complexity index is 609. The maximum Gasteiger partial charge on any atom is 0.190 e. The molecule has 1 aromatic heterocycles. The van der Waals surface area contributed by atoms with Crippen LogP contribution in [0.25, 0.3) is 0 Å². The zero-order chi connectivity index (χ0) is 17.2. The number of nitrogens with one attached hydrogen (secondary N) is 2. The van der Waals surface area contributed by atoms with Gasteiger partial charge in [-0.25, -0.2) is 0 Å². The van der Waals surface area contributed by atoms with E-state index in [0.29, 0.717) is 5.92 Å². The van der Waals surface area contributed by atoms with E-state index in [4.69, 9.17) is 0 Å². The van der Waals surface area contributed by atoms with E-state index in [-0.39, 0.29) is 24.0 Å². The first-order chi connectivity index (χ1) is 11.7. The molecule has 0 radical (unpaired) electrons. The van der Waals surface area contributed by atoms with Gasteiger partial charge in [0.05, 0.1) is 0 Å². The summed E-state index contributed by atoms with van der Waals surface area (Å²) in [5.41, 5.74) is 2.64. The van der Waals surface area contributed by atoms with Gasteiger partial charge in [0.1, 0.15) is 12.7 Å². The number of hydrogen-bond donors (Lipinski definition) is 2. The Morgan fingerprint density at radius 3 is 2.44 bits per heavy atom. The minimum atomic E-state index is 0. The summed E-state index contributed by atoms with van der Waals surface area (Å²) in [5, 5.41) is 14.4. The predicted molar refractivity (Wildman–Crippen MR) is 114 cm³/mol. The van der Waals surface area contributed by atoms with E-state index in [1.165, 1.54) is 11.1 Å². The van der Waals surface area contributed by atoms with Crippen molar-refractivity contribution < 1.29 is 0 Å². The topological polar surface area (TPSA) is 67.1 Å². The molecule has 0 saturated carbocycles. The van der Waals surface area contributed by atoms with Crippen LogP contribution in [0.5, 0.6) is 0 Å². The van der Waals surface area contributed by atoms with Crippen molar-refractivity contribution in [2.24, 2.45) is 4.99 Å². The standard InChI is InChI=1S/C18H28N6.HI/c1-15-6-8-17(9-7-15)16(2)12-21-18(19-3)20-10-4-5-11-24-13-22-23-14-24;/h6-9,13-14,16H,4-5,10-12H2,1-3H3,(H2,19,20,21);1H. The third-order valence-electron chi connectivity index (χ3n) is 4.05. The maximum atomic E-state index is 4.28. The molecule has 1 unspecified atom stereocenters. The molecule has 0 fully saturated rings. The number of hydrogen-bond acceptors (Lipinski definition) is 3. The van der Waals surface area contributed by atoms with Crippen LogP contribution >= 0.6 is 24.0 Å². The summed E-state index contributed by atoms with van der Waals surface area (Å²) in [6, 6.07) is 8.72. The van der Waals surface area contributed by atoms with Gasteiger partial charge in [-0.15, -0.1) is 34.2 Å². The molecule has 7 heteroatoms. The minimum Gasteiger partial charge on any atom is -0.356 e. The Labute approximate surface area is 167 Å².